The van der Waals surface area contributed by atoms with Crippen LogP contribution in [0.25, 0.3) is 0 Å². The zero-order chi connectivity index (χ0) is 15.4. The van der Waals surface area contributed by atoms with Gasteiger partial charge in [0.2, 0.25) is 0 Å². The van der Waals surface area contributed by atoms with Gasteiger partial charge in [-0.1, -0.05) is 18.2 Å². The lowest BCUT2D eigenvalue weighted by Gasteiger charge is -2.21. The Morgan fingerprint density at radius 2 is 1.57 bits per heavy atom. The molecule has 2 N–H and O–H groups in total. The molecule has 0 bridgehead atoms. The van der Waals surface area contributed by atoms with Gasteiger partial charge < -0.3 is 15.2 Å². The van der Waals surface area contributed by atoms with E-state index in [4.69, 9.17) is 4.74 Å². The van der Waals surface area contributed by atoms with Crippen molar-refractivity contribution in [2.75, 3.05) is 7.11 Å². The molecule has 112 valence electrons. The predicted molar refractivity (Wildman–Crippen MR) is 88.8 cm³/mol. The van der Waals surface area contributed by atoms with E-state index < -0.39 is 0 Å². The van der Waals surface area contributed by atoms with Gasteiger partial charge in [0.05, 0.1) is 11.6 Å². The van der Waals surface area contributed by atoms with Gasteiger partial charge in [0.15, 0.2) is 0 Å². The first-order chi connectivity index (χ1) is 10.0. The van der Waals surface area contributed by atoms with E-state index in [9.17, 15) is 5.11 Å². The Bertz CT molecular complexity index is 598. The van der Waals surface area contributed by atoms with Crippen molar-refractivity contribution in [3.05, 3.63) is 58.1 Å². The molecule has 0 radical (unpaired) electrons. The average Bonchev–Trinajstić information content (AvgIpc) is 2.47. The molecule has 0 amide bonds. The summed E-state index contributed by atoms with van der Waals surface area (Å²) in [6.07, 6.45) is 0. The second-order valence-corrected chi connectivity index (χ2v) is 5.95. The summed E-state index contributed by atoms with van der Waals surface area (Å²) in [6, 6.07) is 13.8. The lowest BCUT2D eigenvalue weighted by molar-refractivity contribution is 0.411. The summed E-state index contributed by atoms with van der Waals surface area (Å²) in [5.74, 6) is 1.12. The number of benzene rings is 2. The molecule has 0 aliphatic heterocycles. The third-order valence-corrected chi connectivity index (χ3v) is 4.19. The first kappa shape index (κ1) is 15.9. The molecule has 0 spiro atoms. The summed E-state index contributed by atoms with van der Waals surface area (Å²) >= 11 is 3.51. The average molecular weight is 350 g/mol. The van der Waals surface area contributed by atoms with Crippen molar-refractivity contribution in [3.8, 4) is 11.5 Å². The van der Waals surface area contributed by atoms with Crippen LogP contribution in [0.15, 0.2) is 46.9 Å². The highest BCUT2D eigenvalue weighted by molar-refractivity contribution is 9.10. The molecule has 2 aromatic rings. The molecule has 3 nitrogen and oxygen atoms in total. The normalized spacial score (nSPS) is 13.7. The van der Waals surface area contributed by atoms with Gasteiger partial charge in [0.1, 0.15) is 11.5 Å². The van der Waals surface area contributed by atoms with E-state index in [2.05, 4.69) is 47.2 Å². The van der Waals surface area contributed by atoms with Crippen molar-refractivity contribution in [3.63, 3.8) is 0 Å². The minimum atomic E-state index is 0.196. The highest BCUT2D eigenvalue weighted by atomic mass is 79.9. The van der Waals surface area contributed by atoms with Crippen molar-refractivity contribution in [1.29, 1.82) is 0 Å². The van der Waals surface area contributed by atoms with Crippen LogP contribution in [-0.4, -0.2) is 12.2 Å². The number of hydrogen-bond donors (Lipinski definition) is 2. The van der Waals surface area contributed by atoms with Crippen molar-refractivity contribution in [2.45, 2.75) is 25.9 Å². The Morgan fingerprint density at radius 1 is 1.00 bits per heavy atom. The molecule has 4 heteroatoms. The molecule has 0 aliphatic carbocycles. The number of rotatable bonds is 5. The third-order valence-electron chi connectivity index (χ3n) is 3.57. The number of nitrogens with one attached hydrogen (secondary N) is 1. The zero-order valence-corrected chi connectivity index (χ0v) is 14.0. The summed E-state index contributed by atoms with van der Waals surface area (Å²) in [7, 11) is 1.66. The maximum absolute atomic E-state index is 9.34. The van der Waals surface area contributed by atoms with Gasteiger partial charge in [-0.2, -0.15) is 0 Å². The highest BCUT2D eigenvalue weighted by Crippen LogP contribution is 2.29. The number of phenols is 1. The lowest BCUT2D eigenvalue weighted by Crippen LogP contribution is -2.22. The fourth-order valence-electron chi connectivity index (χ4n) is 2.28. The van der Waals surface area contributed by atoms with Crippen LogP contribution in [0.4, 0.5) is 0 Å². The van der Waals surface area contributed by atoms with Gasteiger partial charge >= 0.3 is 0 Å². The first-order valence-electron chi connectivity index (χ1n) is 6.89. The van der Waals surface area contributed by atoms with Crippen LogP contribution in [0.2, 0.25) is 0 Å². The summed E-state index contributed by atoms with van der Waals surface area (Å²) in [6.45, 7) is 4.24. The largest absolute Gasteiger partial charge is 0.508 e. The molecular weight excluding hydrogens is 330 g/mol. The standard InChI is InChI=1S/C17H20BrNO2/c1-11(13-4-7-15(20)8-5-13)19-12(2)14-6-9-17(21-3)16(18)10-14/h4-12,19-20H,1-3H3. The van der Waals surface area contributed by atoms with Crippen LogP contribution in [-0.2, 0) is 0 Å². The predicted octanol–water partition coefficient (Wildman–Crippen LogP) is 4.58. The fourth-order valence-corrected chi connectivity index (χ4v) is 2.84. The fraction of sp³-hybridized carbons (Fsp3) is 0.294. The Kier molecular flexibility index (Phi) is 5.26. The van der Waals surface area contributed by atoms with Crippen LogP contribution >= 0.6 is 15.9 Å². The van der Waals surface area contributed by atoms with E-state index in [0.29, 0.717) is 0 Å². The maximum Gasteiger partial charge on any atom is 0.133 e. The minimum absolute atomic E-state index is 0.196. The molecule has 0 saturated carbocycles. The van der Waals surface area contributed by atoms with Crippen LogP contribution in [0.3, 0.4) is 0 Å². The molecule has 0 aliphatic rings. The van der Waals surface area contributed by atoms with Crippen LogP contribution < -0.4 is 10.1 Å². The van der Waals surface area contributed by atoms with Crippen molar-refractivity contribution in [2.24, 2.45) is 0 Å². The van der Waals surface area contributed by atoms with Gasteiger partial charge in [-0.25, -0.2) is 0 Å². The topological polar surface area (TPSA) is 41.5 Å². The first-order valence-corrected chi connectivity index (χ1v) is 7.69. The van der Waals surface area contributed by atoms with Gasteiger partial charge in [0.25, 0.3) is 0 Å². The van der Waals surface area contributed by atoms with Crippen LogP contribution in [0.5, 0.6) is 11.5 Å². The van der Waals surface area contributed by atoms with E-state index in [1.807, 2.05) is 18.2 Å². The molecule has 0 aromatic heterocycles. The van der Waals surface area contributed by atoms with Gasteiger partial charge in [-0.15, -0.1) is 0 Å². The summed E-state index contributed by atoms with van der Waals surface area (Å²) in [4.78, 5) is 0. The number of methoxy groups -OCH3 is 1. The molecule has 2 unspecified atom stereocenters. The minimum Gasteiger partial charge on any atom is -0.508 e. The zero-order valence-electron chi connectivity index (χ0n) is 12.4. The summed E-state index contributed by atoms with van der Waals surface area (Å²) in [5, 5.41) is 12.9. The molecule has 2 aromatic carbocycles. The Balaban J connectivity index is 2.08. The molecule has 2 rings (SSSR count). The highest BCUT2D eigenvalue weighted by Gasteiger charge is 2.12. The Labute approximate surface area is 134 Å². The van der Waals surface area contributed by atoms with E-state index in [0.717, 1.165) is 15.8 Å². The molecule has 0 fully saturated rings. The van der Waals surface area contributed by atoms with Crippen molar-refractivity contribution in [1.82, 2.24) is 5.32 Å². The van der Waals surface area contributed by atoms with Crippen molar-refractivity contribution < 1.29 is 9.84 Å². The lowest BCUT2D eigenvalue weighted by atomic mass is 10.0. The second kappa shape index (κ2) is 6.96. The van der Waals surface area contributed by atoms with E-state index >= 15 is 0 Å². The van der Waals surface area contributed by atoms with Crippen LogP contribution in [0, 0.1) is 0 Å². The molecule has 0 saturated heterocycles. The number of ether oxygens (including phenoxy) is 1. The van der Waals surface area contributed by atoms with Gasteiger partial charge in [0, 0.05) is 12.1 Å². The monoisotopic (exact) mass is 349 g/mol. The van der Waals surface area contributed by atoms with Crippen molar-refractivity contribution >= 4 is 15.9 Å². The van der Waals surface area contributed by atoms with E-state index in [-0.39, 0.29) is 17.8 Å². The molecule has 0 heterocycles. The van der Waals surface area contributed by atoms with E-state index in [1.165, 1.54) is 5.56 Å². The third kappa shape index (κ3) is 3.99. The summed E-state index contributed by atoms with van der Waals surface area (Å²) in [5.41, 5.74) is 2.33. The van der Waals surface area contributed by atoms with Gasteiger partial charge in [-0.05, 0) is 65.2 Å². The number of halogens is 1. The quantitative estimate of drug-likeness (QED) is 0.830. The second-order valence-electron chi connectivity index (χ2n) is 5.10. The Morgan fingerprint density at radius 3 is 2.14 bits per heavy atom. The molecular formula is C17H20BrNO2. The maximum atomic E-state index is 9.34. The van der Waals surface area contributed by atoms with Gasteiger partial charge in [-0.3, -0.25) is 0 Å². The van der Waals surface area contributed by atoms with Crippen LogP contribution in [0.1, 0.15) is 37.1 Å². The van der Waals surface area contributed by atoms with E-state index in [1.54, 1.807) is 19.2 Å². The Hall–Kier alpha value is -1.52. The SMILES string of the molecule is COc1ccc(C(C)NC(C)c2ccc(O)cc2)cc1Br. The molecule has 2 atom stereocenters. The molecule has 21 heavy (non-hydrogen) atoms. The number of phenolic OH excluding ortho intramolecular Hbond substituents is 1. The smallest absolute Gasteiger partial charge is 0.133 e. The number of aromatic hydroxyl groups is 1. The summed E-state index contributed by atoms with van der Waals surface area (Å²) < 4.78 is 6.20. The number of hydrogen-bond acceptors (Lipinski definition) is 3.